The van der Waals surface area contributed by atoms with Crippen LogP contribution in [0.3, 0.4) is 0 Å². The largest absolute Gasteiger partial charge is 0.405 e. The first-order chi connectivity index (χ1) is 14.9. The number of fused-ring (bicyclic) bond motifs is 1. The molecular formula is C22H15F3N4OS. The molecule has 9 heteroatoms. The molecule has 5 nitrogen and oxygen atoms in total. The third kappa shape index (κ3) is 5.05. The van der Waals surface area contributed by atoms with Crippen LogP contribution in [0.1, 0.15) is 11.1 Å². The van der Waals surface area contributed by atoms with E-state index >= 15 is 0 Å². The van der Waals surface area contributed by atoms with Gasteiger partial charge < -0.3 is 15.0 Å². The maximum Gasteiger partial charge on any atom is 0.405 e. The number of urea groups is 1. The van der Waals surface area contributed by atoms with Crippen molar-refractivity contribution in [2.75, 3.05) is 11.9 Å². The molecule has 1 aromatic carbocycles. The lowest BCUT2D eigenvalue weighted by molar-refractivity contribution is -0.122. The molecule has 0 fully saturated rings. The maximum absolute atomic E-state index is 12.3. The van der Waals surface area contributed by atoms with Crippen molar-refractivity contribution in [1.29, 1.82) is 0 Å². The second-order valence-electron chi connectivity index (χ2n) is 6.53. The van der Waals surface area contributed by atoms with E-state index in [2.05, 4.69) is 22.1 Å². The van der Waals surface area contributed by atoms with Crippen LogP contribution in [0.15, 0.2) is 65.7 Å². The lowest BCUT2D eigenvalue weighted by Gasteiger charge is -2.12. The van der Waals surface area contributed by atoms with Crippen LogP contribution in [0.5, 0.6) is 0 Å². The number of rotatable bonds is 3. The summed E-state index contributed by atoms with van der Waals surface area (Å²) in [5.74, 6) is 6.29. The van der Waals surface area contributed by atoms with Gasteiger partial charge in [-0.2, -0.15) is 24.5 Å². The Morgan fingerprint density at radius 2 is 2.03 bits per heavy atom. The van der Waals surface area contributed by atoms with E-state index in [-0.39, 0.29) is 0 Å². The standard InChI is InChI=1S/C22H15F3N4OS/c23-22(24,25)14-27-21(30)28-18-3-1-2-17(12-18)19-16(5-4-15-7-11-31-13-15)6-9-29-10-8-26-20(19)29/h1-3,6-13H,14H2,(H2,27,28,30). The SMILES string of the molecule is O=C(NCC(F)(F)F)Nc1cccc(-c2c(C#Cc3ccsc3)ccn3ccnc23)c1. The van der Waals surface area contributed by atoms with Crippen molar-refractivity contribution in [3.63, 3.8) is 0 Å². The Hall–Kier alpha value is -3.77. The average molecular weight is 440 g/mol. The Morgan fingerprint density at radius 3 is 2.81 bits per heavy atom. The number of carbonyl (C=O) groups excluding carboxylic acids is 1. The number of nitrogens with zero attached hydrogens (tertiary/aromatic N) is 2. The van der Waals surface area contributed by atoms with Gasteiger partial charge in [-0.1, -0.05) is 24.0 Å². The van der Waals surface area contributed by atoms with Gasteiger partial charge in [-0.25, -0.2) is 9.78 Å². The summed E-state index contributed by atoms with van der Waals surface area (Å²) in [4.78, 5) is 16.2. The molecule has 156 valence electrons. The molecule has 0 aliphatic carbocycles. The number of amides is 2. The summed E-state index contributed by atoms with van der Waals surface area (Å²) in [5.41, 5.74) is 4.15. The zero-order valence-corrected chi connectivity index (χ0v) is 16.7. The minimum Gasteiger partial charge on any atom is -0.329 e. The van der Waals surface area contributed by atoms with Gasteiger partial charge in [-0.3, -0.25) is 0 Å². The van der Waals surface area contributed by atoms with Gasteiger partial charge in [0, 0.05) is 46.3 Å². The van der Waals surface area contributed by atoms with Crippen LogP contribution in [0.4, 0.5) is 23.7 Å². The van der Waals surface area contributed by atoms with Gasteiger partial charge in [0.15, 0.2) is 0 Å². The highest BCUT2D eigenvalue weighted by Crippen LogP contribution is 2.29. The quantitative estimate of drug-likeness (QED) is 0.433. The maximum atomic E-state index is 12.3. The van der Waals surface area contributed by atoms with E-state index in [4.69, 9.17) is 0 Å². The number of hydrogen-bond acceptors (Lipinski definition) is 3. The van der Waals surface area contributed by atoms with E-state index in [1.54, 1.807) is 41.0 Å². The number of aromatic nitrogens is 2. The van der Waals surface area contributed by atoms with Crippen molar-refractivity contribution in [3.05, 3.63) is 76.9 Å². The molecule has 0 atom stereocenters. The van der Waals surface area contributed by atoms with Crippen molar-refractivity contribution in [1.82, 2.24) is 14.7 Å². The van der Waals surface area contributed by atoms with Crippen molar-refractivity contribution < 1.29 is 18.0 Å². The number of imidazole rings is 1. The summed E-state index contributed by atoms with van der Waals surface area (Å²) in [6.07, 6.45) is 0.852. The Balaban J connectivity index is 1.68. The summed E-state index contributed by atoms with van der Waals surface area (Å²) in [5, 5.41) is 8.11. The first kappa shape index (κ1) is 20.5. The van der Waals surface area contributed by atoms with Gasteiger partial charge in [0.25, 0.3) is 0 Å². The third-order valence-corrected chi connectivity index (χ3v) is 4.97. The molecule has 4 aromatic rings. The molecule has 0 bridgehead atoms. The summed E-state index contributed by atoms with van der Waals surface area (Å²) in [7, 11) is 0. The van der Waals surface area contributed by atoms with E-state index in [0.717, 1.165) is 22.3 Å². The number of anilines is 1. The molecule has 2 N–H and O–H groups in total. The molecule has 4 rings (SSSR count). The lowest BCUT2D eigenvalue weighted by atomic mass is 10.0. The van der Waals surface area contributed by atoms with Crippen LogP contribution in [-0.4, -0.2) is 28.1 Å². The number of benzene rings is 1. The highest BCUT2D eigenvalue weighted by Gasteiger charge is 2.27. The normalized spacial score (nSPS) is 11.1. The first-order valence-electron chi connectivity index (χ1n) is 9.11. The summed E-state index contributed by atoms with van der Waals surface area (Å²) in [6, 6.07) is 9.67. The molecule has 0 radical (unpaired) electrons. The van der Waals surface area contributed by atoms with Crippen LogP contribution in [0, 0.1) is 11.8 Å². The highest BCUT2D eigenvalue weighted by atomic mass is 32.1. The minimum absolute atomic E-state index is 0.350. The van der Waals surface area contributed by atoms with E-state index < -0.39 is 18.8 Å². The number of alkyl halides is 3. The Labute approximate surface area is 179 Å². The minimum atomic E-state index is -4.48. The summed E-state index contributed by atoms with van der Waals surface area (Å²) < 4.78 is 38.8. The summed E-state index contributed by atoms with van der Waals surface area (Å²) in [6.45, 7) is -1.41. The first-order valence-corrected chi connectivity index (χ1v) is 10.1. The molecule has 0 spiro atoms. The lowest BCUT2D eigenvalue weighted by Crippen LogP contribution is -2.36. The number of hydrogen-bond donors (Lipinski definition) is 2. The van der Waals surface area contributed by atoms with Gasteiger partial charge in [0.2, 0.25) is 0 Å². The van der Waals surface area contributed by atoms with Crippen molar-refractivity contribution in [3.8, 4) is 23.0 Å². The van der Waals surface area contributed by atoms with Crippen LogP contribution in [0.2, 0.25) is 0 Å². The fourth-order valence-electron chi connectivity index (χ4n) is 2.96. The zero-order valence-electron chi connectivity index (χ0n) is 15.9. The van der Waals surface area contributed by atoms with Gasteiger partial charge in [-0.15, -0.1) is 0 Å². The van der Waals surface area contributed by atoms with Crippen LogP contribution >= 0.6 is 11.3 Å². The molecule has 2 amide bonds. The van der Waals surface area contributed by atoms with Gasteiger partial charge in [0.1, 0.15) is 12.2 Å². The second kappa shape index (κ2) is 8.53. The average Bonchev–Trinajstić information content (AvgIpc) is 3.41. The molecule has 0 aliphatic heterocycles. The molecule has 31 heavy (non-hydrogen) atoms. The highest BCUT2D eigenvalue weighted by molar-refractivity contribution is 7.08. The van der Waals surface area contributed by atoms with Crippen molar-refractivity contribution >= 4 is 28.7 Å². The Bertz CT molecular complexity index is 1280. The van der Waals surface area contributed by atoms with Crippen LogP contribution in [-0.2, 0) is 0 Å². The van der Waals surface area contributed by atoms with E-state index in [0.29, 0.717) is 11.3 Å². The Morgan fingerprint density at radius 1 is 1.16 bits per heavy atom. The Kier molecular flexibility index (Phi) is 5.64. The number of thiophene rings is 1. The van der Waals surface area contributed by atoms with Gasteiger partial charge in [0.05, 0.1) is 0 Å². The predicted octanol–water partition coefficient (Wildman–Crippen LogP) is 5.15. The van der Waals surface area contributed by atoms with Crippen molar-refractivity contribution in [2.45, 2.75) is 6.18 Å². The van der Waals surface area contributed by atoms with Gasteiger partial charge in [-0.05, 0) is 35.2 Å². The van der Waals surface area contributed by atoms with Crippen LogP contribution in [0.25, 0.3) is 16.8 Å². The van der Waals surface area contributed by atoms with Crippen LogP contribution < -0.4 is 10.6 Å². The second-order valence-corrected chi connectivity index (χ2v) is 7.31. The van der Waals surface area contributed by atoms with E-state index in [1.807, 2.05) is 45.8 Å². The predicted molar refractivity (Wildman–Crippen MR) is 114 cm³/mol. The number of pyridine rings is 1. The molecule has 0 unspecified atom stereocenters. The van der Waals surface area contributed by atoms with Gasteiger partial charge >= 0.3 is 12.2 Å². The zero-order chi connectivity index (χ0) is 21.8. The molecule has 3 aromatic heterocycles. The van der Waals surface area contributed by atoms with Crippen molar-refractivity contribution in [2.24, 2.45) is 0 Å². The third-order valence-electron chi connectivity index (χ3n) is 4.28. The molecule has 3 heterocycles. The molecule has 0 aliphatic rings. The monoisotopic (exact) mass is 440 g/mol. The van der Waals surface area contributed by atoms with E-state index in [9.17, 15) is 18.0 Å². The number of halogens is 3. The number of carbonyl (C=O) groups is 1. The molecule has 0 saturated carbocycles. The van der Waals surface area contributed by atoms with E-state index in [1.165, 1.54) is 0 Å². The topological polar surface area (TPSA) is 58.4 Å². The molecule has 0 saturated heterocycles. The smallest absolute Gasteiger partial charge is 0.329 e. The summed E-state index contributed by atoms with van der Waals surface area (Å²) >= 11 is 1.56. The number of nitrogens with one attached hydrogen (secondary N) is 2. The molecular weight excluding hydrogens is 425 g/mol. The fourth-order valence-corrected chi connectivity index (χ4v) is 3.55. The fraction of sp³-hybridized carbons (Fsp3) is 0.0909.